The van der Waals surface area contributed by atoms with Crippen LogP contribution in [0.15, 0.2) is 18.2 Å². The van der Waals surface area contributed by atoms with E-state index in [-0.39, 0.29) is 5.56 Å². The van der Waals surface area contributed by atoms with Gasteiger partial charge in [0.1, 0.15) is 11.6 Å². The molecule has 1 amide bonds. The van der Waals surface area contributed by atoms with Crippen molar-refractivity contribution >= 4 is 5.91 Å². The Balaban J connectivity index is 2.91. The van der Waals surface area contributed by atoms with Crippen LogP contribution in [0.25, 0.3) is 0 Å². The van der Waals surface area contributed by atoms with E-state index >= 15 is 0 Å². The van der Waals surface area contributed by atoms with E-state index in [1.165, 1.54) is 0 Å². The zero-order valence-electron chi connectivity index (χ0n) is 8.45. The van der Waals surface area contributed by atoms with Gasteiger partial charge < -0.3 is 10.0 Å². The standard InChI is InChI=1S/C10H10F3NO2/c1-14(5-9(12)13)10(16)7-4-6(11)2-3-8(7)15/h2-4,9,15H,5H2,1H3. The van der Waals surface area contributed by atoms with Gasteiger partial charge in [-0.2, -0.15) is 0 Å². The highest BCUT2D eigenvalue weighted by Crippen LogP contribution is 2.19. The zero-order chi connectivity index (χ0) is 12.3. The smallest absolute Gasteiger partial charge is 0.257 e. The number of phenols is 1. The van der Waals surface area contributed by atoms with Gasteiger partial charge in [-0.05, 0) is 18.2 Å². The van der Waals surface area contributed by atoms with Gasteiger partial charge in [0, 0.05) is 7.05 Å². The summed E-state index contributed by atoms with van der Waals surface area (Å²) >= 11 is 0. The lowest BCUT2D eigenvalue weighted by molar-refractivity contribution is 0.0617. The Bertz CT molecular complexity index is 396. The van der Waals surface area contributed by atoms with Crippen molar-refractivity contribution in [1.29, 1.82) is 0 Å². The highest BCUT2D eigenvalue weighted by molar-refractivity contribution is 5.96. The van der Waals surface area contributed by atoms with Crippen LogP contribution in [0.3, 0.4) is 0 Å². The van der Waals surface area contributed by atoms with Crippen LogP contribution >= 0.6 is 0 Å². The predicted octanol–water partition coefficient (Wildman–Crippen LogP) is 1.87. The van der Waals surface area contributed by atoms with Gasteiger partial charge in [-0.1, -0.05) is 0 Å². The molecule has 0 saturated heterocycles. The molecule has 0 saturated carbocycles. The van der Waals surface area contributed by atoms with E-state index < -0.39 is 30.4 Å². The van der Waals surface area contributed by atoms with Crippen molar-refractivity contribution in [2.75, 3.05) is 13.6 Å². The molecule has 0 aliphatic carbocycles. The first kappa shape index (κ1) is 12.4. The third-order valence-electron chi connectivity index (χ3n) is 1.95. The Labute approximate surface area is 90.1 Å². The Hall–Kier alpha value is -1.72. The topological polar surface area (TPSA) is 40.5 Å². The third kappa shape index (κ3) is 2.88. The molecule has 0 aliphatic heterocycles. The first-order valence-corrected chi connectivity index (χ1v) is 4.44. The molecule has 0 atom stereocenters. The van der Waals surface area contributed by atoms with E-state index in [1.807, 2.05) is 0 Å². The molecule has 0 radical (unpaired) electrons. The molecule has 0 unspecified atom stereocenters. The molecule has 6 heteroatoms. The number of carbonyl (C=O) groups is 1. The number of alkyl halides is 2. The summed E-state index contributed by atoms with van der Waals surface area (Å²) in [7, 11) is 1.15. The van der Waals surface area contributed by atoms with Crippen molar-refractivity contribution in [2.24, 2.45) is 0 Å². The Morgan fingerprint density at radius 2 is 2.12 bits per heavy atom. The quantitative estimate of drug-likeness (QED) is 0.865. The van der Waals surface area contributed by atoms with Gasteiger partial charge >= 0.3 is 0 Å². The maximum Gasteiger partial charge on any atom is 0.257 e. The Morgan fingerprint density at radius 1 is 1.50 bits per heavy atom. The summed E-state index contributed by atoms with van der Waals surface area (Å²) in [5.74, 6) is -2.00. The minimum Gasteiger partial charge on any atom is -0.507 e. The number of phenolic OH excluding ortho intramolecular Hbond substituents is 1. The van der Waals surface area contributed by atoms with Gasteiger partial charge in [0.25, 0.3) is 12.3 Å². The monoisotopic (exact) mass is 233 g/mol. The van der Waals surface area contributed by atoms with Crippen molar-refractivity contribution in [3.8, 4) is 5.75 Å². The molecule has 0 fully saturated rings. The molecule has 0 aliphatic rings. The van der Waals surface area contributed by atoms with Crippen LogP contribution in [0, 0.1) is 5.82 Å². The molecule has 0 bridgehead atoms. The first-order chi connectivity index (χ1) is 7.41. The second-order valence-electron chi connectivity index (χ2n) is 3.24. The summed E-state index contributed by atoms with van der Waals surface area (Å²) in [4.78, 5) is 12.2. The summed E-state index contributed by atoms with van der Waals surface area (Å²) in [6.07, 6.45) is -2.68. The van der Waals surface area contributed by atoms with E-state index in [4.69, 9.17) is 0 Å². The van der Waals surface area contributed by atoms with Crippen LogP contribution in [0.2, 0.25) is 0 Å². The number of carbonyl (C=O) groups excluding carboxylic acids is 1. The molecular formula is C10H10F3NO2. The van der Waals surface area contributed by atoms with Crippen LogP contribution in [-0.4, -0.2) is 35.9 Å². The molecule has 3 nitrogen and oxygen atoms in total. The van der Waals surface area contributed by atoms with Crippen molar-refractivity contribution in [3.05, 3.63) is 29.6 Å². The van der Waals surface area contributed by atoms with E-state index in [0.717, 1.165) is 30.1 Å². The van der Waals surface area contributed by atoms with Crippen LogP contribution in [-0.2, 0) is 0 Å². The Kier molecular flexibility index (Phi) is 3.76. The number of hydrogen-bond donors (Lipinski definition) is 1. The van der Waals surface area contributed by atoms with E-state index in [0.29, 0.717) is 0 Å². The molecule has 88 valence electrons. The maximum atomic E-state index is 12.8. The largest absolute Gasteiger partial charge is 0.507 e. The highest BCUT2D eigenvalue weighted by Gasteiger charge is 2.19. The Morgan fingerprint density at radius 3 is 2.69 bits per heavy atom. The van der Waals surface area contributed by atoms with Gasteiger partial charge in [0.2, 0.25) is 0 Å². The van der Waals surface area contributed by atoms with Crippen LogP contribution < -0.4 is 0 Å². The second kappa shape index (κ2) is 4.87. The number of halogens is 3. The molecule has 1 aromatic rings. The summed E-state index contributed by atoms with van der Waals surface area (Å²) in [5, 5.41) is 9.29. The minimum atomic E-state index is -2.68. The number of amides is 1. The van der Waals surface area contributed by atoms with Crippen LogP contribution in [0.1, 0.15) is 10.4 Å². The number of aromatic hydroxyl groups is 1. The lowest BCUT2D eigenvalue weighted by atomic mass is 10.1. The van der Waals surface area contributed by atoms with E-state index in [1.54, 1.807) is 0 Å². The first-order valence-electron chi connectivity index (χ1n) is 4.44. The van der Waals surface area contributed by atoms with Crippen LogP contribution in [0.5, 0.6) is 5.75 Å². The fourth-order valence-corrected chi connectivity index (χ4v) is 1.18. The zero-order valence-corrected chi connectivity index (χ0v) is 8.45. The van der Waals surface area contributed by atoms with Crippen molar-refractivity contribution in [1.82, 2.24) is 4.90 Å². The molecule has 0 aromatic heterocycles. The van der Waals surface area contributed by atoms with Gasteiger partial charge in [-0.15, -0.1) is 0 Å². The number of rotatable bonds is 3. The van der Waals surface area contributed by atoms with Gasteiger partial charge in [-0.25, -0.2) is 13.2 Å². The maximum absolute atomic E-state index is 12.8. The van der Waals surface area contributed by atoms with Gasteiger partial charge in [0.05, 0.1) is 12.1 Å². The van der Waals surface area contributed by atoms with Crippen molar-refractivity contribution in [2.45, 2.75) is 6.43 Å². The van der Waals surface area contributed by atoms with Gasteiger partial charge in [-0.3, -0.25) is 4.79 Å². The average Bonchev–Trinajstić information content (AvgIpc) is 2.19. The highest BCUT2D eigenvalue weighted by atomic mass is 19.3. The van der Waals surface area contributed by atoms with Crippen molar-refractivity contribution in [3.63, 3.8) is 0 Å². The molecule has 0 heterocycles. The summed E-state index contributed by atoms with van der Waals surface area (Å²) in [5.41, 5.74) is -0.330. The minimum absolute atomic E-state index is 0.330. The molecule has 0 spiro atoms. The summed E-state index contributed by atoms with van der Waals surface area (Å²) in [6, 6.07) is 2.78. The molecule has 1 rings (SSSR count). The summed E-state index contributed by atoms with van der Waals surface area (Å²) in [6.45, 7) is -0.769. The number of benzene rings is 1. The molecule has 1 aromatic carbocycles. The van der Waals surface area contributed by atoms with Crippen LogP contribution in [0.4, 0.5) is 13.2 Å². The summed E-state index contributed by atoms with van der Waals surface area (Å²) < 4.78 is 36.8. The fourth-order valence-electron chi connectivity index (χ4n) is 1.18. The van der Waals surface area contributed by atoms with Gasteiger partial charge in [0.15, 0.2) is 0 Å². The lowest BCUT2D eigenvalue weighted by Gasteiger charge is -2.17. The number of nitrogens with zero attached hydrogens (tertiary/aromatic N) is 1. The molecular weight excluding hydrogens is 223 g/mol. The normalized spacial score (nSPS) is 10.6. The number of hydrogen-bond acceptors (Lipinski definition) is 2. The second-order valence-corrected chi connectivity index (χ2v) is 3.24. The molecule has 1 N–H and O–H groups in total. The lowest BCUT2D eigenvalue weighted by Crippen LogP contribution is -2.31. The predicted molar refractivity (Wildman–Crippen MR) is 51.0 cm³/mol. The third-order valence-corrected chi connectivity index (χ3v) is 1.95. The average molecular weight is 233 g/mol. The van der Waals surface area contributed by atoms with Crippen molar-refractivity contribution < 1.29 is 23.1 Å². The van der Waals surface area contributed by atoms with E-state index in [2.05, 4.69) is 0 Å². The fraction of sp³-hybridized carbons (Fsp3) is 0.300. The van der Waals surface area contributed by atoms with E-state index in [9.17, 15) is 23.1 Å². The molecule has 16 heavy (non-hydrogen) atoms. The SMILES string of the molecule is CN(CC(F)F)C(=O)c1cc(F)ccc1O.